The Morgan fingerprint density at radius 3 is 2.76 bits per heavy atom. The Morgan fingerprint density at radius 2 is 1.90 bits per heavy atom. The van der Waals surface area contributed by atoms with Gasteiger partial charge in [-0.25, -0.2) is 13.2 Å². The zero-order valence-electron chi connectivity index (χ0n) is 22.5. The number of fused-ring (bicyclic) bond motifs is 3. The molecule has 5 aromatic rings. The Kier molecular flexibility index (Phi) is 7.20. The second-order valence-corrected chi connectivity index (χ2v) is 12.2. The molecular formula is C32H26ClF3N4OS. The van der Waals surface area contributed by atoms with Crippen LogP contribution in [0.3, 0.4) is 0 Å². The van der Waals surface area contributed by atoms with E-state index in [0.717, 1.165) is 24.9 Å². The highest BCUT2D eigenvalue weighted by atomic mass is 35.5. The fourth-order valence-corrected chi connectivity index (χ4v) is 7.47. The molecule has 0 aliphatic carbocycles. The van der Waals surface area contributed by atoms with Crippen LogP contribution in [0.1, 0.15) is 24.8 Å². The Balaban J connectivity index is 1.32. The minimum Gasteiger partial charge on any atom is -0.461 e. The van der Waals surface area contributed by atoms with Crippen molar-refractivity contribution < 1.29 is 17.9 Å². The van der Waals surface area contributed by atoms with Gasteiger partial charge in [-0.05, 0) is 36.4 Å². The van der Waals surface area contributed by atoms with Gasteiger partial charge in [0.2, 0.25) is 0 Å². The molecule has 7 rings (SSSR count). The molecule has 2 fully saturated rings. The highest BCUT2D eigenvalue weighted by Gasteiger charge is 2.49. The van der Waals surface area contributed by atoms with Gasteiger partial charge in [-0.3, -0.25) is 9.88 Å². The molecule has 0 radical (unpaired) electrons. The fourth-order valence-electron chi connectivity index (χ4n) is 6.25. The average Bonchev–Trinajstić information content (AvgIpc) is 3.53. The predicted molar refractivity (Wildman–Crippen MR) is 160 cm³/mol. The van der Waals surface area contributed by atoms with Crippen molar-refractivity contribution in [3.8, 4) is 17.3 Å². The number of nitrogens with zero attached hydrogens (tertiary/aromatic N) is 4. The lowest BCUT2D eigenvalue weighted by Gasteiger charge is -2.30. The zero-order chi connectivity index (χ0) is 28.8. The number of hydrogen-bond acceptors (Lipinski definition) is 6. The van der Waals surface area contributed by atoms with Gasteiger partial charge in [0.15, 0.2) is 5.82 Å². The van der Waals surface area contributed by atoms with Crippen molar-refractivity contribution in [3.05, 3.63) is 89.1 Å². The van der Waals surface area contributed by atoms with Crippen molar-refractivity contribution >= 4 is 45.0 Å². The van der Waals surface area contributed by atoms with Crippen molar-refractivity contribution in [2.45, 2.75) is 41.8 Å². The molecule has 5 nitrogen and oxygen atoms in total. The van der Waals surface area contributed by atoms with Crippen molar-refractivity contribution in [3.63, 3.8) is 0 Å². The first kappa shape index (κ1) is 27.4. The van der Waals surface area contributed by atoms with Gasteiger partial charge < -0.3 is 4.74 Å². The summed E-state index contributed by atoms with van der Waals surface area (Å²) in [6.07, 6.45) is 2.85. The van der Waals surface area contributed by atoms with E-state index in [1.165, 1.54) is 17.8 Å². The summed E-state index contributed by atoms with van der Waals surface area (Å²) in [6.45, 7) is 1.45. The molecule has 2 aliphatic heterocycles. The Hall–Kier alpha value is -3.40. The molecule has 2 aromatic heterocycles. The summed E-state index contributed by atoms with van der Waals surface area (Å²) in [7, 11) is 0. The molecule has 214 valence electrons. The first-order chi connectivity index (χ1) is 20.4. The minimum absolute atomic E-state index is 0.000820. The van der Waals surface area contributed by atoms with E-state index in [2.05, 4.69) is 19.9 Å². The van der Waals surface area contributed by atoms with Gasteiger partial charge in [-0.1, -0.05) is 66.2 Å². The summed E-state index contributed by atoms with van der Waals surface area (Å²) >= 11 is 7.79. The van der Waals surface area contributed by atoms with Gasteiger partial charge in [0.05, 0.1) is 15.9 Å². The quantitative estimate of drug-likeness (QED) is 0.138. The maximum absolute atomic E-state index is 16.4. The summed E-state index contributed by atoms with van der Waals surface area (Å²) in [5.74, 6) is -0.687. The number of thioether (sulfide) groups is 1. The van der Waals surface area contributed by atoms with Gasteiger partial charge in [0.1, 0.15) is 34.8 Å². The van der Waals surface area contributed by atoms with Crippen LogP contribution < -0.4 is 4.74 Å². The third kappa shape index (κ3) is 4.87. The highest BCUT2D eigenvalue weighted by molar-refractivity contribution is 7.98. The van der Waals surface area contributed by atoms with E-state index in [0.29, 0.717) is 45.5 Å². The van der Waals surface area contributed by atoms with Crippen molar-refractivity contribution in [2.24, 2.45) is 0 Å². The second kappa shape index (κ2) is 11.0. The third-order valence-electron chi connectivity index (χ3n) is 8.27. The molecule has 0 bridgehead atoms. The average molecular weight is 607 g/mol. The van der Waals surface area contributed by atoms with Crippen LogP contribution >= 0.6 is 23.4 Å². The van der Waals surface area contributed by atoms with Crippen LogP contribution in [0.25, 0.3) is 32.9 Å². The third-order valence-corrected chi connectivity index (χ3v) is 9.70. The Bertz CT molecular complexity index is 1810. The molecule has 0 spiro atoms. The Labute approximate surface area is 250 Å². The van der Waals surface area contributed by atoms with E-state index in [1.54, 1.807) is 30.5 Å². The SMILES string of the molecule is Fc1ccc2cccc(-c3ncc4c(SCc5ccccc5)nc(OC[C@]56CCCN5C[C@@H](F)C6)nc4c3F)c2c1Cl. The van der Waals surface area contributed by atoms with Crippen LogP contribution in [0.15, 0.2) is 71.9 Å². The van der Waals surface area contributed by atoms with Crippen LogP contribution in [-0.4, -0.2) is 51.3 Å². The highest BCUT2D eigenvalue weighted by Crippen LogP contribution is 2.41. The lowest BCUT2D eigenvalue weighted by atomic mass is 9.95. The zero-order valence-corrected chi connectivity index (χ0v) is 24.1. The van der Waals surface area contributed by atoms with E-state index in [4.69, 9.17) is 16.3 Å². The monoisotopic (exact) mass is 606 g/mol. The summed E-state index contributed by atoms with van der Waals surface area (Å²) in [5, 5.41) is 1.89. The lowest BCUT2D eigenvalue weighted by molar-refractivity contribution is 0.107. The fraction of sp³-hybridized carbons (Fsp3) is 0.281. The van der Waals surface area contributed by atoms with Gasteiger partial charge in [-0.2, -0.15) is 9.97 Å². The molecule has 10 heteroatoms. The molecular weight excluding hydrogens is 581 g/mol. The van der Waals surface area contributed by atoms with E-state index in [1.807, 2.05) is 30.3 Å². The largest absolute Gasteiger partial charge is 0.461 e. The molecule has 0 saturated carbocycles. The maximum Gasteiger partial charge on any atom is 0.318 e. The summed E-state index contributed by atoms with van der Waals surface area (Å²) in [5.41, 5.74) is 1.08. The number of pyridine rings is 1. The van der Waals surface area contributed by atoms with Crippen molar-refractivity contribution in [1.82, 2.24) is 19.9 Å². The number of ether oxygens (including phenoxy) is 1. The smallest absolute Gasteiger partial charge is 0.318 e. The van der Waals surface area contributed by atoms with Crippen LogP contribution in [-0.2, 0) is 5.75 Å². The molecule has 0 amide bonds. The lowest BCUT2D eigenvalue weighted by Crippen LogP contribution is -2.43. The molecule has 3 aromatic carbocycles. The number of halogens is 4. The predicted octanol–water partition coefficient (Wildman–Crippen LogP) is 8.02. The van der Waals surface area contributed by atoms with E-state index in [9.17, 15) is 8.78 Å². The summed E-state index contributed by atoms with van der Waals surface area (Å²) < 4.78 is 51.4. The first-order valence-electron chi connectivity index (χ1n) is 13.8. The van der Waals surface area contributed by atoms with E-state index >= 15 is 4.39 Å². The Morgan fingerprint density at radius 1 is 1.05 bits per heavy atom. The number of alkyl halides is 1. The van der Waals surface area contributed by atoms with Crippen LogP contribution in [0.5, 0.6) is 6.01 Å². The number of rotatable bonds is 7. The first-order valence-corrected chi connectivity index (χ1v) is 15.2. The van der Waals surface area contributed by atoms with E-state index in [-0.39, 0.29) is 28.9 Å². The molecule has 4 heterocycles. The van der Waals surface area contributed by atoms with Gasteiger partial charge in [0, 0.05) is 35.9 Å². The van der Waals surface area contributed by atoms with Crippen molar-refractivity contribution in [2.75, 3.05) is 19.7 Å². The number of hydrogen-bond donors (Lipinski definition) is 0. The van der Waals surface area contributed by atoms with Crippen LogP contribution in [0.2, 0.25) is 5.02 Å². The number of aromatic nitrogens is 3. The van der Waals surface area contributed by atoms with Crippen LogP contribution in [0, 0.1) is 11.6 Å². The molecule has 2 saturated heterocycles. The summed E-state index contributed by atoms with van der Waals surface area (Å²) in [4.78, 5) is 15.8. The van der Waals surface area contributed by atoms with Gasteiger partial charge >= 0.3 is 6.01 Å². The molecule has 42 heavy (non-hydrogen) atoms. The van der Waals surface area contributed by atoms with E-state index < -0.39 is 23.3 Å². The second-order valence-electron chi connectivity index (χ2n) is 10.9. The number of benzene rings is 3. The summed E-state index contributed by atoms with van der Waals surface area (Å²) in [6, 6.07) is 18.0. The molecule has 0 N–H and O–H groups in total. The standard InChI is InChI=1S/C32H26ClF3N4OS/c33-26-24(35)11-10-20-8-4-9-22(25(20)26)28-27(36)29-23(15-37-28)30(42-17-19-6-2-1-3-7-19)39-31(38-29)41-18-32-12-5-13-40(32)16-21(34)14-32/h1-4,6-11,15,21H,5,12-14,16-18H2/t21-,32+/m0/s1. The van der Waals surface area contributed by atoms with Crippen molar-refractivity contribution in [1.29, 1.82) is 0 Å². The minimum atomic E-state index is -0.896. The normalized spacial score (nSPS) is 20.4. The molecule has 0 unspecified atom stereocenters. The molecule has 2 atom stereocenters. The maximum atomic E-state index is 16.4. The van der Waals surface area contributed by atoms with Gasteiger partial charge in [0.25, 0.3) is 0 Å². The molecule has 2 aliphatic rings. The van der Waals surface area contributed by atoms with Gasteiger partial charge in [-0.15, -0.1) is 11.8 Å². The van der Waals surface area contributed by atoms with Crippen LogP contribution in [0.4, 0.5) is 13.2 Å². The topological polar surface area (TPSA) is 51.1 Å².